The first-order valence-electron chi connectivity index (χ1n) is 6.93. The molecule has 1 aliphatic heterocycles. The zero-order chi connectivity index (χ0) is 13.8. The molecule has 1 heterocycles. The summed E-state index contributed by atoms with van der Waals surface area (Å²) < 4.78 is 27.5. The normalized spacial score (nSPS) is 25.3. The molecule has 2 atom stereocenters. The van der Waals surface area contributed by atoms with Gasteiger partial charge in [-0.25, -0.2) is 8.78 Å². The van der Waals surface area contributed by atoms with Gasteiger partial charge in [-0.05, 0) is 64.1 Å². The number of nitrogens with one attached hydrogen (secondary N) is 1. The van der Waals surface area contributed by atoms with Crippen molar-refractivity contribution in [3.8, 4) is 0 Å². The summed E-state index contributed by atoms with van der Waals surface area (Å²) in [6, 6.07) is 3.72. The van der Waals surface area contributed by atoms with Crippen LogP contribution >= 0.6 is 0 Å². The Balaban J connectivity index is 2.36. The maximum Gasteiger partial charge on any atom is 0.128 e. The summed E-state index contributed by atoms with van der Waals surface area (Å²) in [5.74, 6) is -0.354. The standard InChI is InChI=1S/C15H22F2N2/c1-18-10-11-5-3-4-8-19(2)15(11)13-9-12(16)6-7-14(13)17/h6-7,9,11,15,18H,3-5,8,10H2,1-2H3. The minimum atomic E-state index is -0.364. The molecule has 2 unspecified atom stereocenters. The minimum absolute atomic E-state index is 0.0503. The Morgan fingerprint density at radius 3 is 2.84 bits per heavy atom. The van der Waals surface area contributed by atoms with E-state index in [-0.39, 0.29) is 17.7 Å². The van der Waals surface area contributed by atoms with Gasteiger partial charge in [0.05, 0.1) is 0 Å². The molecule has 106 valence electrons. The highest BCUT2D eigenvalue weighted by Crippen LogP contribution is 2.35. The molecule has 1 aromatic rings. The highest BCUT2D eigenvalue weighted by molar-refractivity contribution is 5.23. The van der Waals surface area contributed by atoms with Gasteiger partial charge in [0.1, 0.15) is 11.6 Å². The van der Waals surface area contributed by atoms with Crippen LogP contribution in [0.1, 0.15) is 30.9 Å². The summed E-state index contributed by atoms with van der Waals surface area (Å²) in [5, 5.41) is 3.18. The third kappa shape index (κ3) is 3.31. The smallest absolute Gasteiger partial charge is 0.128 e. The monoisotopic (exact) mass is 268 g/mol. The van der Waals surface area contributed by atoms with Crippen LogP contribution in [0.4, 0.5) is 8.78 Å². The van der Waals surface area contributed by atoms with Crippen LogP contribution in [-0.4, -0.2) is 32.1 Å². The number of hydrogen-bond acceptors (Lipinski definition) is 2. The van der Waals surface area contributed by atoms with E-state index in [4.69, 9.17) is 0 Å². The van der Waals surface area contributed by atoms with Crippen molar-refractivity contribution in [1.29, 1.82) is 0 Å². The van der Waals surface area contributed by atoms with E-state index in [0.717, 1.165) is 32.4 Å². The highest BCUT2D eigenvalue weighted by atomic mass is 19.1. The van der Waals surface area contributed by atoms with E-state index in [9.17, 15) is 8.78 Å². The lowest BCUT2D eigenvalue weighted by Gasteiger charge is -2.33. The minimum Gasteiger partial charge on any atom is -0.319 e. The molecular formula is C15H22F2N2. The number of hydrogen-bond donors (Lipinski definition) is 1. The van der Waals surface area contributed by atoms with Gasteiger partial charge in [-0.15, -0.1) is 0 Å². The van der Waals surface area contributed by atoms with Crippen molar-refractivity contribution >= 4 is 0 Å². The second-order valence-electron chi connectivity index (χ2n) is 5.40. The van der Waals surface area contributed by atoms with E-state index < -0.39 is 0 Å². The zero-order valence-electron chi connectivity index (χ0n) is 11.6. The van der Waals surface area contributed by atoms with Crippen molar-refractivity contribution in [2.45, 2.75) is 25.3 Å². The molecule has 0 amide bonds. The summed E-state index contributed by atoms with van der Waals surface area (Å²) in [7, 11) is 3.91. The molecule has 0 radical (unpaired) electrons. The van der Waals surface area contributed by atoms with Crippen molar-refractivity contribution in [3.63, 3.8) is 0 Å². The lowest BCUT2D eigenvalue weighted by atomic mass is 9.89. The van der Waals surface area contributed by atoms with Crippen LogP contribution in [0.2, 0.25) is 0 Å². The number of nitrogens with zero attached hydrogens (tertiary/aromatic N) is 1. The van der Waals surface area contributed by atoms with E-state index in [1.165, 1.54) is 18.2 Å². The molecule has 1 fully saturated rings. The van der Waals surface area contributed by atoms with Crippen LogP contribution in [0.15, 0.2) is 18.2 Å². The Labute approximate surface area is 113 Å². The summed E-state index contributed by atoms with van der Waals surface area (Å²) in [5.41, 5.74) is 0.490. The molecule has 2 nitrogen and oxygen atoms in total. The largest absolute Gasteiger partial charge is 0.319 e. The molecule has 0 aromatic heterocycles. The van der Waals surface area contributed by atoms with Crippen LogP contribution in [-0.2, 0) is 0 Å². The van der Waals surface area contributed by atoms with E-state index in [1.807, 2.05) is 14.1 Å². The molecule has 4 heteroatoms. The summed E-state index contributed by atoms with van der Waals surface area (Å²) >= 11 is 0. The third-order valence-corrected chi connectivity index (χ3v) is 4.00. The van der Waals surface area contributed by atoms with Gasteiger partial charge >= 0.3 is 0 Å². The third-order valence-electron chi connectivity index (χ3n) is 4.00. The number of rotatable bonds is 3. The van der Waals surface area contributed by atoms with Crippen molar-refractivity contribution in [2.75, 3.05) is 27.2 Å². The fourth-order valence-corrected chi connectivity index (χ4v) is 3.13. The second-order valence-corrected chi connectivity index (χ2v) is 5.40. The van der Waals surface area contributed by atoms with Crippen LogP contribution in [0.5, 0.6) is 0 Å². The van der Waals surface area contributed by atoms with Gasteiger partial charge in [0.15, 0.2) is 0 Å². The molecule has 0 aliphatic carbocycles. The molecule has 1 N–H and O–H groups in total. The summed E-state index contributed by atoms with van der Waals surface area (Å²) in [6.07, 6.45) is 3.31. The first kappa shape index (κ1) is 14.4. The number of likely N-dealkylation sites (tertiary alicyclic amines) is 1. The first-order chi connectivity index (χ1) is 9.13. The van der Waals surface area contributed by atoms with Crippen molar-refractivity contribution in [3.05, 3.63) is 35.4 Å². The van der Waals surface area contributed by atoms with E-state index in [0.29, 0.717) is 11.5 Å². The first-order valence-corrected chi connectivity index (χ1v) is 6.93. The van der Waals surface area contributed by atoms with Crippen molar-refractivity contribution < 1.29 is 8.78 Å². The molecule has 1 aromatic carbocycles. The van der Waals surface area contributed by atoms with Crippen LogP contribution in [0, 0.1) is 17.6 Å². The molecule has 2 rings (SSSR count). The van der Waals surface area contributed by atoms with Gasteiger partial charge in [-0.3, -0.25) is 4.90 Å². The lowest BCUT2D eigenvalue weighted by molar-refractivity contribution is 0.186. The maximum atomic E-state index is 14.1. The molecule has 19 heavy (non-hydrogen) atoms. The van der Waals surface area contributed by atoms with Crippen LogP contribution < -0.4 is 5.32 Å². The maximum absolute atomic E-state index is 14.1. The van der Waals surface area contributed by atoms with Crippen LogP contribution in [0.25, 0.3) is 0 Å². The Morgan fingerprint density at radius 2 is 2.11 bits per heavy atom. The SMILES string of the molecule is CNCC1CCCCN(C)C1c1cc(F)ccc1F. The zero-order valence-corrected chi connectivity index (χ0v) is 11.6. The van der Waals surface area contributed by atoms with E-state index >= 15 is 0 Å². The van der Waals surface area contributed by atoms with Gasteiger partial charge in [0.2, 0.25) is 0 Å². The molecule has 0 bridgehead atoms. The Morgan fingerprint density at radius 1 is 1.32 bits per heavy atom. The van der Waals surface area contributed by atoms with Crippen LogP contribution in [0.3, 0.4) is 0 Å². The second kappa shape index (κ2) is 6.44. The topological polar surface area (TPSA) is 15.3 Å². The van der Waals surface area contributed by atoms with E-state index in [1.54, 1.807) is 0 Å². The van der Waals surface area contributed by atoms with Gasteiger partial charge in [-0.1, -0.05) is 6.42 Å². The molecular weight excluding hydrogens is 246 g/mol. The Kier molecular flexibility index (Phi) is 4.88. The highest BCUT2D eigenvalue weighted by Gasteiger charge is 2.30. The van der Waals surface area contributed by atoms with Gasteiger partial charge in [0, 0.05) is 11.6 Å². The quantitative estimate of drug-likeness (QED) is 0.906. The number of halogens is 2. The summed E-state index contributed by atoms with van der Waals surface area (Å²) in [6.45, 7) is 1.76. The van der Waals surface area contributed by atoms with Crippen molar-refractivity contribution in [2.24, 2.45) is 5.92 Å². The molecule has 1 saturated heterocycles. The van der Waals surface area contributed by atoms with Gasteiger partial charge in [-0.2, -0.15) is 0 Å². The number of benzene rings is 1. The Hall–Kier alpha value is -1.00. The summed E-state index contributed by atoms with van der Waals surface area (Å²) in [4.78, 5) is 2.16. The fraction of sp³-hybridized carbons (Fsp3) is 0.600. The predicted molar refractivity (Wildman–Crippen MR) is 73.0 cm³/mol. The molecule has 0 saturated carbocycles. The molecule has 0 spiro atoms. The average Bonchev–Trinajstić information content (AvgIpc) is 2.55. The Bertz CT molecular complexity index is 423. The van der Waals surface area contributed by atoms with Crippen molar-refractivity contribution in [1.82, 2.24) is 10.2 Å². The molecule has 1 aliphatic rings. The predicted octanol–water partition coefficient (Wildman–Crippen LogP) is 2.96. The average molecular weight is 268 g/mol. The van der Waals surface area contributed by atoms with Gasteiger partial charge < -0.3 is 5.32 Å². The van der Waals surface area contributed by atoms with Gasteiger partial charge in [0.25, 0.3) is 0 Å². The van der Waals surface area contributed by atoms with E-state index in [2.05, 4.69) is 10.2 Å². The fourth-order valence-electron chi connectivity index (χ4n) is 3.13. The lowest BCUT2D eigenvalue weighted by Crippen LogP contribution is -2.34.